The van der Waals surface area contributed by atoms with Crippen molar-refractivity contribution in [1.29, 1.82) is 0 Å². The molecule has 0 aromatic heterocycles. The highest BCUT2D eigenvalue weighted by Gasteiger charge is 2.37. The van der Waals surface area contributed by atoms with E-state index in [0.29, 0.717) is 45.9 Å². The monoisotopic (exact) mass is 689 g/mol. The van der Waals surface area contributed by atoms with Crippen molar-refractivity contribution in [3.8, 4) is 16.9 Å². The minimum atomic E-state index is -0.531. The summed E-state index contributed by atoms with van der Waals surface area (Å²) < 4.78 is 21.2. The Morgan fingerprint density at radius 2 is 1.56 bits per heavy atom. The molecular weight excluding hydrogens is 644 g/mol. The van der Waals surface area contributed by atoms with Gasteiger partial charge < -0.3 is 20.7 Å². The number of carbonyl (C=O) groups excluding carboxylic acids is 1. The fourth-order valence-corrected chi connectivity index (χ4v) is 7.42. The van der Waals surface area contributed by atoms with Crippen LogP contribution < -0.4 is 20.7 Å². The SMILES string of the molecule is C[C@H](C(=O)N[C@H](CNC1CC(C)(C)NC(C)(C)C1)Cc1ccc(OCc2c(Cl)cccc2Cl)cc1)c1ccc(-c2ccccc2)c(F)c1. The standard InChI is InChI=1S/C40H46Cl2FN3O2/c1-26(29-16-19-33(37(43)21-29)28-10-7-6-8-11-28)38(47)45-30(24-44-31-22-39(2,3)46-40(4,5)23-31)20-27-14-17-32(18-15-27)48-25-34-35(41)12-9-13-36(34)42/h6-19,21,26,30-31,44,46H,20,22-25H2,1-5H3,(H,45,47)/t26-,30-/m0/s1. The van der Waals surface area contributed by atoms with Crippen LogP contribution in [0.25, 0.3) is 11.1 Å². The lowest BCUT2D eigenvalue weighted by atomic mass is 9.79. The van der Waals surface area contributed by atoms with Crippen LogP contribution >= 0.6 is 23.2 Å². The average molecular weight is 691 g/mol. The maximum Gasteiger partial charge on any atom is 0.227 e. The van der Waals surface area contributed by atoms with E-state index in [1.165, 1.54) is 6.07 Å². The first-order chi connectivity index (χ1) is 22.8. The molecule has 0 aliphatic carbocycles. The van der Waals surface area contributed by atoms with Gasteiger partial charge in [-0.2, -0.15) is 0 Å². The minimum absolute atomic E-state index is 0.00725. The van der Waals surface area contributed by atoms with Crippen molar-refractivity contribution in [2.24, 2.45) is 0 Å². The van der Waals surface area contributed by atoms with Crippen molar-refractivity contribution in [1.82, 2.24) is 16.0 Å². The summed E-state index contributed by atoms with van der Waals surface area (Å²) in [5.41, 5.74) is 3.74. The van der Waals surface area contributed by atoms with E-state index in [2.05, 4.69) is 43.6 Å². The zero-order valence-corrected chi connectivity index (χ0v) is 29.9. The molecule has 3 N–H and O–H groups in total. The zero-order chi connectivity index (χ0) is 34.5. The van der Waals surface area contributed by atoms with E-state index >= 15 is 4.39 Å². The van der Waals surface area contributed by atoms with Crippen molar-refractivity contribution < 1.29 is 13.9 Å². The van der Waals surface area contributed by atoms with Crippen molar-refractivity contribution in [3.63, 3.8) is 0 Å². The van der Waals surface area contributed by atoms with Gasteiger partial charge in [-0.15, -0.1) is 0 Å². The van der Waals surface area contributed by atoms with E-state index < -0.39 is 5.92 Å². The normalized spacial score (nSPS) is 17.0. The van der Waals surface area contributed by atoms with Crippen molar-refractivity contribution in [2.75, 3.05) is 6.54 Å². The Morgan fingerprint density at radius 3 is 2.19 bits per heavy atom. The first-order valence-electron chi connectivity index (χ1n) is 16.6. The number of piperidine rings is 1. The van der Waals surface area contributed by atoms with E-state index in [0.717, 1.165) is 29.5 Å². The summed E-state index contributed by atoms with van der Waals surface area (Å²) in [5.74, 6) is -0.318. The van der Waals surface area contributed by atoms with Crippen LogP contribution in [0.5, 0.6) is 5.75 Å². The molecule has 1 amide bonds. The second-order valence-electron chi connectivity index (χ2n) is 14.3. The summed E-state index contributed by atoms with van der Waals surface area (Å²) in [5, 5.41) is 11.9. The van der Waals surface area contributed by atoms with Crippen molar-refractivity contribution in [2.45, 2.75) is 89.6 Å². The van der Waals surface area contributed by atoms with Gasteiger partial charge in [0, 0.05) is 50.9 Å². The molecule has 1 fully saturated rings. The third-order valence-electron chi connectivity index (χ3n) is 9.01. The Bertz CT molecular complexity index is 1660. The number of hydrogen-bond acceptors (Lipinski definition) is 4. The van der Waals surface area contributed by atoms with Crippen LogP contribution in [0.3, 0.4) is 0 Å². The largest absolute Gasteiger partial charge is 0.489 e. The molecule has 0 bridgehead atoms. The van der Waals surface area contributed by atoms with Gasteiger partial charge in [-0.3, -0.25) is 4.79 Å². The van der Waals surface area contributed by atoms with E-state index in [-0.39, 0.29) is 35.5 Å². The van der Waals surface area contributed by atoms with Crippen LogP contribution in [0.1, 0.15) is 70.1 Å². The number of carbonyl (C=O) groups is 1. The summed E-state index contributed by atoms with van der Waals surface area (Å²) in [4.78, 5) is 13.7. The van der Waals surface area contributed by atoms with Gasteiger partial charge in [0.25, 0.3) is 0 Å². The zero-order valence-electron chi connectivity index (χ0n) is 28.4. The average Bonchev–Trinajstić information content (AvgIpc) is 3.02. The molecule has 1 aliphatic heterocycles. The van der Waals surface area contributed by atoms with E-state index in [4.69, 9.17) is 27.9 Å². The summed E-state index contributed by atoms with van der Waals surface area (Å²) in [7, 11) is 0. The van der Waals surface area contributed by atoms with Gasteiger partial charge in [-0.05, 0) is 101 Å². The molecule has 1 aliphatic rings. The number of ether oxygens (including phenoxy) is 1. The van der Waals surface area contributed by atoms with Crippen LogP contribution in [0, 0.1) is 5.82 Å². The predicted molar refractivity (Wildman–Crippen MR) is 195 cm³/mol. The molecule has 0 saturated carbocycles. The molecule has 5 rings (SSSR count). The van der Waals surface area contributed by atoms with Crippen LogP contribution in [-0.4, -0.2) is 35.6 Å². The van der Waals surface area contributed by atoms with Crippen LogP contribution in [0.4, 0.5) is 4.39 Å². The lowest BCUT2D eigenvalue weighted by Gasteiger charge is -2.47. The van der Waals surface area contributed by atoms with Gasteiger partial charge in [-0.25, -0.2) is 4.39 Å². The Kier molecular flexibility index (Phi) is 11.5. The lowest BCUT2D eigenvalue weighted by Crippen LogP contribution is -2.62. The number of amides is 1. The second kappa shape index (κ2) is 15.4. The fraction of sp³-hybridized carbons (Fsp3) is 0.375. The first kappa shape index (κ1) is 35.9. The summed E-state index contributed by atoms with van der Waals surface area (Å²) in [6.07, 6.45) is 2.56. The Labute approximate surface area is 294 Å². The Balaban J connectivity index is 1.28. The molecule has 48 heavy (non-hydrogen) atoms. The molecule has 4 aromatic carbocycles. The number of hydrogen-bond donors (Lipinski definition) is 3. The molecule has 1 saturated heterocycles. The molecule has 0 spiro atoms. The van der Waals surface area contributed by atoms with Crippen molar-refractivity contribution >= 4 is 29.1 Å². The predicted octanol–water partition coefficient (Wildman–Crippen LogP) is 9.11. The third kappa shape index (κ3) is 9.60. The summed E-state index contributed by atoms with van der Waals surface area (Å²) >= 11 is 12.6. The molecule has 1 heterocycles. The van der Waals surface area contributed by atoms with E-state index in [1.807, 2.05) is 67.6 Å². The Morgan fingerprint density at radius 1 is 0.917 bits per heavy atom. The van der Waals surface area contributed by atoms with Crippen molar-refractivity contribution in [3.05, 3.63) is 124 Å². The lowest BCUT2D eigenvalue weighted by molar-refractivity contribution is -0.122. The van der Waals surface area contributed by atoms with Gasteiger partial charge in [0.15, 0.2) is 0 Å². The Hall–Kier alpha value is -3.42. The van der Waals surface area contributed by atoms with Gasteiger partial charge in [-0.1, -0.05) is 83.9 Å². The quantitative estimate of drug-likeness (QED) is 0.139. The minimum Gasteiger partial charge on any atom is -0.489 e. The van der Waals surface area contributed by atoms with Gasteiger partial charge >= 0.3 is 0 Å². The molecular formula is C40H46Cl2FN3O2. The highest BCUT2D eigenvalue weighted by atomic mass is 35.5. The third-order valence-corrected chi connectivity index (χ3v) is 9.72. The van der Waals surface area contributed by atoms with Crippen LogP contribution in [-0.2, 0) is 17.8 Å². The molecule has 8 heteroatoms. The van der Waals surface area contributed by atoms with Gasteiger partial charge in [0.05, 0.1) is 5.92 Å². The highest BCUT2D eigenvalue weighted by Crippen LogP contribution is 2.30. The molecule has 254 valence electrons. The number of halogens is 3. The van der Waals surface area contributed by atoms with Gasteiger partial charge in [0.2, 0.25) is 5.91 Å². The van der Waals surface area contributed by atoms with Gasteiger partial charge in [0.1, 0.15) is 18.2 Å². The smallest absolute Gasteiger partial charge is 0.227 e. The molecule has 2 atom stereocenters. The summed E-state index contributed by atoms with van der Waals surface area (Å²) in [6, 6.07) is 27.9. The number of benzene rings is 4. The second-order valence-corrected chi connectivity index (χ2v) is 15.1. The first-order valence-corrected chi connectivity index (χ1v) is 17.4. The van der Waals surface area contributed by atoms with E-state index in [9.17, 15) is 4.79 Å². The van der Waals surface area contributed by atoms with Crippen LogP contribution in [0.2, 0.25) is 10.0 Å². The highest BCUT2D eigenvalue weighted by molar-refractivity contribution is 6.35. The topological polar surface area (TPSA) is 62.4 Å². The summed E-state index contributed by atoms with van der Waals surface area (Å²) in [6.45, 7) is 11.6. The number of rotatable bonds is 12. The number of nitrogens with one attached hydrogen (secondary N) is 3. The maximum absolute atomic E-state index is 15.2. The fourth-order valence-electron chi connectivity index (χ4n) is 6.91. The molecule has 4 aromatic rings. The van der Waals surface area contributed by atoms with Crippen LogP contribution in [0.15, 0.2) is 91.0 Å². The molecule has 5 nitrogen and oxygen atoms in total. The molecule has 0 radical (unpaired) electrons. The van der Waals surface area contributed by atoms with E-state index in [1.54, 1.807) is 24.3 Å². The maximum atomic E-state index is 15.2. The molecule has 0 unspecified atom stereocenters.